The van der Waals surface area contributed by atoms with Gasteiger partial charge in [0, 0.05) is 49.1 Å². The number of hydrogen-bond donors (Lipinski definition) is 2. The van der Waals surface area contributed by atoms with E-state index in [0.717, 1.165) is 57.3 Å². The number of aliphatic hydroxyl groups is 1. The smallest absolute Gasteiger partial charge is 0.317 e. The Morgan fingerprint density at radius 3 is 2.53 bits per heavy atom. The normalized spacial score (nSPS) is 26.5. The van der Waals surface area contributed by atoms with Crippen molar-refractivity contribution >= 4 is 6.03 Å². The van der Waals surface area contributed by atoms with Gasteiger partial charge in [-0.3, -0.25) is 4.90 Å². The number of urea groups is 1. The topological polar surface area (TPSA) is 55.8 Å². The molecule has 0 aromatic heterocycles. The fourth-order valence-corrected chi connectivity index (χ4v) is 5.61. The Morgan fingerprint density at radius 1 is 1.12 bits per heavy atom. The van der Waals surface area contributed by atoms with E-state index in [0.29, 0.717) is 12.0 Å². The van der Waals surface area contributed by atoms with Crippen LogP contribution in [0.25, 0.3) is 0 Å². The van der Waals surface area contributed by atoms with Crippen molar-refractivity contribution < 1.29 is 9.90 Å². The van der Waals surface area contributed by atoms with Crippen LogP contribution in [0.5, 0.6) is 0 Å². The quantitative estimate of drug-likeness (QED) is 0.701. The molecule has 2 heterocycles. The summed E-state index contributed by atoms with van der Waals surface area (Å²) in [6, 6.07) is 9.39. The van der Waals surface area contributed by atoms with E-state index >= 15 is 0 Å². The van der Waals surface area contributed by atoms with E-state index in [1.165, 1.54) is 18.4 Å². The summed E-state index contributed by atoms with van der Waals surface area (Å²) in [6.45, 7) is 7.08. The molecule has 3 fully saturated rings. The van der Waals surface area contributed by atoms with Crippen molar-refractivity contribution in [2.24, 2.45) is 5.92 Å². The highest BCUT2D eigenvalue weighted by atomic mass is 16.3. The highest BCUT2D eigenvalue weighted by molar-refractivity contribution is 5.74. The summed E-state index contributed by atoms with van der Waals surface area (Å²) < 4.78 is 0. The summed E-state index contributed by atoms with van der Waals surface area (Å²) in [4.78, 5) is 17.5. The van der Waals surface area contributed by atoms with Gasteiger partial charge in [0.1, 0.15) is 0 Å². The van der Waals surface area contributed by atoms with Crippen LogP contribution >= 0.6 is 0 Å². The molecule has 5 nitrogen and oxygen atoms in total. The van der Waals surface area contributed by atoms with Crippen molar-refractivity contribution in [2.45, 2.75) is 82.8 Å². The van der Waals surface area contributed by atoms with E-state index in [4.69, 9.17) is 0 Å². The summed E-state index contributed by atoms with van der Waals surface area (Å²) in [5.41, 5.74) is 2.29. The predicted molar refractivity (Wildman–Crippen MR) is 128 cm³/mol. The Balaban J connectivity index is 1.46. The van der Waals surface area contributed by atoms with Crippen molar-refractivity contribution in [3.8, 4) is 11.8 Å². The zero-order valence-corrected chi connectivity index (χ0v) is 19.7. The number of nitrogens with one attached hydrogen (secondary N) is 1. The maximum Gasteiger partial charge on any atom is 0.317 e. The lowest BCUT2D eigenvalue weighted by Gasteiger charge is -2.57. The van der Waals surface area contributed by atoms with Crippen LogP contribution < -0.4 is 5.32 Å². The van der Waals surface area contributed by atoms with Crippen molar-refractivity contribution in [1.29, 1.82) is 0 Å². The van der Waals surface area contributed by atoms with E-state index in [1.54, 1.807) is 0 Å². The Kier molecular flexibility index (Phi) is 7.75. The average molecular weight is 438 g/mol. The Hall–Kier alpha value is -2.03. The molecule has 3 atom stereocenters. The van der Waals surface area contributed by atoms with Crippen molar-refractivity contribution in [3.63, 3.8) is 0 Å². The number of fused-ring (bicyclic) bond motifs is 1. The monoisotopic (exact) mass is 437 g/mol. The fraction of sp³-hybridized carbons (Fsp3) is 0.667. The number of hydrogen-bond acceptors (Lipinski definition) is 3. The summed E-state index contributed by atoms with van der Waals surface area (Å²) in [5.74, 6) is 7.35. The largest absolute Gasteiger partial charge is 0.395 e. The average Bonchev–Trinajstić information content (AvgIpc) is 3.26. The second kappa shape index (κ2) is 10.7. The number of nitrogens with zero attached hydrogens (tertiary/aromatic N) is 2. The predicted octanol–water partition coefficient (Wildman–Crippen LogP) is 3.96. The van der Waals surface area contributed by atoms with Crippen molar-refractivity contribution in [1.82, 2.24) is 15.1 Å². The minimum absolute atomic E-state index is 0.0979. The minimum atomic E-state index is 0.0979. The maximum absolute atomic E-state index is 13.0. The molecule has 5 heteroatoms. The molecule has 32 heavy (non-hydrogen) atoms. The molecule has 0 spiro atoms. The Bertz CT molecular complexity index is 820. The molecule has 4 rings (SSSR count). The summed E-state index contributed by atoms with van der Waals surface area (Å²) in [7, 11) is 0. The molecule has 1 aromatic carbocycles. The molecule has 0 unspecified atom stereocenters. The van der Waals surface area contributed by atoms with Crippen LogP contribution in [-0.2, 0) is 0 Å². The van der Waals surface area contributed by atoms with Crippen LogP contribution in [0.3, 0.4) is 0 Å². The molecule has 2 N–H and O–H groups in total. The summed E-state index contributed by atoms with van der Waals surface area (Å²) in [5, 5.41) is 13.4. The highest BCUT2D eigenvalue weighted by Gasteiger charge is 2.49. The van der Waals surface area contributed by atoms with Gasteiger partial charge in [0.05, 0.1) is 6.61 Å². The SMILES string of the molecule is CC(C)CC#Cc1ccc([C@@H]2[C@@H](CO)N3CCCCN(C(=O)NC4CCCC4)C[C@@H]23)cc1. The first kappa shape index (κ1) is 23.1. The van der Waals surface area contributed by atoms with E-state index in [-0.39, 0.29) is 30.6 Å². The fourth-order valence-electron chi connectivity index (χ4n) is 5.61. The molecule has 0 radical (unpaired) electrons. The third-order valence-corrected chi connectivity index (χ3v) is 7.38. The van der Waals surface area contributed by atoms with Gasteiger partial charge in [-0.05, 0) is 55.8 Å². The number of rotatable bonds is 4. The Labute approximate surface area is 193 Å². The first-order valence-electron chi connectivity index (χ1n) is 12.6. The second-order valence-electron chi connectivity index (χ2n) is 10.2. The first-order valence-corrected chi connectivity index (χ1v) is 12.6. The third kappa shape index (κ3) is 5.30. The van der Waals surface area contributed by atoms with Gasteiger partial charge in [-0.1, -0.05) is 50.7 Å². The zero-order chi connectivity index (χ0) is 22.5. The molecule has 2 aliphatic heterocycles. The summed E-state index contributed by atoms with van der Waals surface area (Å²) >= 11 is 0. The standard InChI is InChI=1S/C27H39N3O2/c1-20(2)8-7-9-21-12-14-22(15-13-21)26-24-18-29(27(32)28-23-10-3-4-11-23)16-5-6-17-30(24)25(26)19-31/h12-15,20,23-26,31H,3-6,8,10-11,16-19H2,1-2H3,(H,28,32)/t24-,25+,26-/m0/s1. The molecule has 2 amide bonds. The van der Waals surface area contributed by atoms with Gasteiger partial charge in [-0.2, -0.15) is 0 Å². The van der Waals surface area contributed by atoms with E-state index < -0.39 is 0 Å². The van der Waals surface area contributed by atoms with Gasteiger partial charge >= 0.3 is 6.03 Å². The third-order valence-electron chi connectivity index (χ3n) is 7.38. The minimum Gasteiger partial charge on any atom is -0.395 e. The van der Waals surface area contributed by atoms with Crippen LogP contribution in [0.4, 0.5) is 4.79 Å². The van der Waals surface area contributed by atoms with Gasteiger partial charge in [0.15, 0.2) is 0 Å². The first-order chi connectivity index (χ1) is 15.6. The van der Waals surface area contributed by atoms with Crippen LogP contribution in [0.15, 0.2) is 24.3 Å². The van der Waals surface area contributed by atoms with Crippen LogP contribution in [0.2, 0.25) is 0 Å². The lowest BCUT2D eigenvalue weighted by atomic mass is 9.74. The number of amides is 2. The zero-order valence-electron chi connectivity index (χ0n) is 19.7. The molecule has 1 saturated carbocycles. The second-order valence-corrected chi connectivity index (χ2v) is 10.2. The highest BCUT2D eigenvalue weighted by Crippen LogP contribution is 2.42. The molecule has 1 aromatic rings. The van der Waals surface area contributed by atoms with E-state index in [1.807, 2.05) is 4.90 Å². The lowest BCUT2D eigenvalue weighted by molar-refractivity contribution is -0.0591. The number of carbonyl (C=O) groups is 1. The van der Waals surface area contributed by atoms with Gasteiger partial charge in [0.2, 0.25) is 0 Å². The Morgan fingerprint density at radius 2 is 1.84 bits per heavy atom. The van der Waals surface area contributed by atoms with Gasteiger partial charge in [-0.15, -0.1) is 0 Å². The molecule has 3 aliphatic rings. The van der Waals surface area contributed by atoms with Gasteiger partial charge < -0.3 is 15.3 Å². The molecule has 174 valence electrons. The van der Waals surface area contributed by atoms with Gasteiger partial charge in [0.25, 0.3) is 0 Å². The van der Waals surface area contributed by atoms with Crippen LogP contribution in [-0.4, -0.2) is 65.3 Å². The van der Waals surface area contributed by atoms with E-state index in [2.05, 4.69) is 60.2 Å². The number of aliphatic hydroxyl groups excluding tert-OH is 1. The number of carbonyl (C=O) groups excluding carboxylic acids is 1. The molecule has 0 bridgehead atoms. The van der Waals surface area contributed by atoms with E-state index in [9.17, 15) is 9.90 Å². The molecule has 2 saturated heterocycles. The van der Waals surface area contributed by atoms with Crippen molar-refractivity contribution in [2.75, 3.05) is 26.2 Å². The maximum atomic E-state index is 13.0. The van der Waals surface area contributed by atoms with Crippen LogP contribution in [0.1, 0.15) is 75.8 Å². The molecular weight excluding hydrogens is 398 g/mol. The number of benzene rings is 1. The lowest BCUT2D eigenvalue weighted by Crippen LogP contribution is -2.68. The van der Waals surface area contributed by atoms with Crippen molar-refractivity contribution in [3.05, 3.63) is 35.4 Å². The molecule has 1 aliphatic carbocycles. The van der Waals surface area contributed by atoms with Crippen LogP contribution in [0, 0.1) is 17.8 Å². The summed E-state index contributed by atoms with van der Waals surface area (Å²) in [6.07, 6.45) is 7.66. The van der Waals surface area contributed by atoms with Gasteiger partial charge in [-0.25, -0.2) is 4.79 Å². The molecular formula is C27H39N3O2.